The topological polar surface area (TPSA) is 92.2 Å². The lowest BCUT2D eigenvalue weighted by atomic mass is 10.2. The van der Waals surface area contributed by atoms with Crippen LogP contribution >= 0.6 is 11.8 Å². The number of hydrogen-bond donors (Lipinski definition) is 2. The summed E-state index contributed by atoms with van der Waals surface area (Å²) < 4.78 is 5.07. The highest BCUT2D eigenvalue weighted by atomic mass is 32.2. The molecule has 1 aliphatic rings. The summed E-state index contributed by atoms with van der Waals surface area (Å²) in [6.07, 6.45) is 1.93. The molecule has 0 bridgehead atoms. The van der Waals surface area contributed by atoms with Crippen molar-refractivity contribution in [1.82, 2.24) is 5.32 Å². The zero-order valence-corrected chi connectivity index (χ0v) is 15.4. The molecule has 1 fully saturated rings. The number of methoxy groups -OCH3 is 1. The lowest BCUT2D eigenvalue weighted by Gasteiger charge is -2.08. The van der Waals surface area contributed by atoms with Crippen LogP contribution in [0.4, 0.5) is 5.69 Å². The number of rotatable bonds is 7. The Kier molecular flexibility index (Phi) is 7.00. The second kappa shape index (κ2) is 9.22. The second-order valence-electron chi connectivity index (χ2n) is 5.57. The second-order valence-corrected chi connectivity index (χ2v) is 6.76. The number of amidine groups is 1. The zero-order valence-electron chi connectivity index (χ0n) is 14.5. The zero-order chi connectivity index (χ0) is 18.2. The molecule has 1 heterocycles. The smallest absolute Gasteiger partial charge is 0.240 e. The third kappa shape index (κ3) is 5.90. The third-order valence-corrected chi connectivity index (χ3v) is 4.52. The standard InChI is InChI=1S/C17H22N4O3S/c1-4-5-11(2)20-21-17-19-16(23)14(25-17)10-15(22)18-12-6-8-13(24-3)9-7-12/h6-9,14H,4-5,10H2,1-3H3,(H,18,22)(H,19,21,23)/t14-/m1/s1. The number of amides is 2. The molecule has 7 nitrogen and oxygen atoms in total. The first-order chi connectivity index (χ1) is 12.0. The normalized spacial score (nSPS) is 19.0. The number of nitrogens with one attached hydrogen (secondary N) is 2. The van der Waals surface area contributed by atoms with Gasteiger partial charge in [0.2, 0.25) is 11.8 Å². The lowest BCUT2D eigenvalue weighted by molar-refractivity contribution is -0.122. The van der Waals surface area contributed by atoms with Crippen molar-refractivity contribution in [2.45, 2.75) is 38.4 Å². The first-order valence-electron chi connectivity index (χ1n) is 8.04. The maximum absolute atomic E-state index is 12.1. The predicted octanol–water partition coefficient (Wildman–Crippen LogP) is 2.79. The van der Waals surface area contributed by atoms with Crippen molar-refractivity contribution >= 4 is 40.1 Å². The van der Waals surface area contributed by atoms with E-state index in [9.17, 15) is 9.59 Å². The summed E-state index contributed by atoms with van der Waals surface area (Å²) in [5, 5.41) is 13.5. The van der Waals surface area contributed by atoms with Gasteiger partial charge in [0.25, 0.3) is 0 Å². The van der Waals surface area contributed by atoms with Gasteiger partial charge in [0, 0.05) is 17.8 Å². The van der Waals surface area contributed by atoms with Gasteiger partial charge < -0.3 is 15.4 Å². The van der Waals surface area contributed by atoms with Gasteiger partial charge in [-0.3, -0.25) is 9.59 Å². The average molecular weight is 362 g/mol. The van der Waals surface area contributed by atoms with Crippen molar-refractivity contribution in [3.63, 3.8) is 0 Å². The summed E-state index contributed by atoms with van der Waals surface area (Å²) in [7, 11) is 1.58. The van der Waals surface area contributed by atoms with E-state index in [1.165, 1.54) is 11.8 Å². The molecule has 2 rings (SSSR count). The van der Waals surface area contributed by atoms with Gasteiger partial charge in [0.1, 0.15) is 11.0 Å². The fourth-order valence-corrected chi connectivity index (χ4v) is 3.10. The van der Waals surface area contributed by atoms with Crippen LogP contribution in [0.15, 0.2) is 34.5 Å². The molecule has 25 heavy (non-hydrogen) atoms. The number of benzene rings is 1. The highest BCUT2D eigenvalue weighted by Gasteiger charge is 2.32. The summed E-state index contributed by atoms with van der Waals surface area (Å²) in [5.74, 6) is 0.255. The molecule has 0 unspecified atom stereocenters. The van der Waals surface area contributed by atoms with E-state index in [0.29, 0.717) is 16.6 Å². The fourth-order valence-electron chi connectivity index (χ4n) is 2.18. The van der Waals surface area contributed by atoms with E-state index in [1.54, 1.807) is 31.4 Å². The molecule has 1 saturated heterocycles. The van der Waals surface area contributed by atoms with Crippen LogP contribution in [0.1, 0.15) is 33.1 Å². The molecule has 1 atom stereocenters. The van der Waals surface area contributed by atoms with Crippen molar-refractivity contribution in [2.24, 2.45) is 10.2 Å². The molecule has 1 aromatic carbocycles. The summed E-state index contributed by atoms with van der Waals surface area (Å²) >= 11 is 1.23. The van der Waals surface area contributed by atoms with Gasteiger partial charge >= 0.3 is 0 Å². The summed E-state index contributed by atoms with van der Waals surface area (Å²) in [5.41, 5.74) is 1.56. The number of carbonyl (C=O) groups excluding carboxylic acids is 2. The summed E-state index contributed by atoms with van der Waals surface area (Å²) in [4.78, 5) is 24.1. The van der Waals surface area contributed by atoms with E-state index in [2.05, 4.69) is 27.8 Å². The molecule has 134 valence electrons. The van der Waals surface area contributed by atoms with Crippen LogP contribution in [0.5, 0.6) is 5.75 Å². The molecule has 0 aromatic heterocycles. The largest absolute Gasteiger partial charge is 0.497 e. The number of nitrogens with zero attached hydrogens (tertiary/aromatic N) is 2. The van der Waals surface area contributed by atoms with Crippen molar-refractivity contribution in [3.8, 4) is 5.75 Å². The van der Waals surface area contributed by atoms with Crippen molar-refractivity contribution in [3.05, 3.63) is 24.3 Å². The van der Waals surface area contributed by atoms with Crippen LogP contribution in [-0.4, -0.2) is 35.1 Å². The molecule has 0 spiro atoms. The average Bonchev–Trinajstić information content (AvgIpc) is 2.93. The van der Waals surface area contributed by atoms with E-state index in [4.69, 9.17) is 4.74 Å². The SMILES string of the molecule is CCCC(C)=NN=C1NC(=O)[C@@H](CC(=O)Nc2ccc(OC)cc2)S1. The molecule has 0 saturated carbocycles. The van der Waals surface area contributed by atoms with Crippen LogP contribution in [0.25, 0.3) is 0 Å². The maximum atomic E-state index is 12.1. The van der Waals surface area contributed by atoms with E-state index >= 15 is 0 Å². The minimum absolute atomic E-state index is 0.0687. The van der Waals surface area contributed by atoms with Gasteiger partial charge in [-0.25, -0.2) is 0 Å². The van der Waals surface area contributed by atoms with Gasteiger partial charge in [-0.05, 0) is 37.6 Å². The molecule has 1 aliphatic heterocycles. The first-order valence-corrected chi connectivity index (χ1v) is 8.92. The van der Waals surface area contributed by atoms with Crippen LogP contribution in [0.2, 0.25) is 0 Å². The van der Waals surface area contributed by atoms with Crippen molar-refractivity contribution in [1.29, 1.82) is 0 Å². The predicted molar refractivity (Wildman–Crippen MR) is 101 cm³/mol. The Morgan fingerprint density at radius 1 is 1.36 bits per heavy atom. The van der Waals surface area contributed by atoms with Crippen LogP contribution in [-0.2, 0) is 9.59 Å². The molecule has 0 aliphatic carbocycles. The van der Waals surface area contributed by atoms with Gasteiger partial charge in [0.15, 0.2) is 5.17 Å². The molecular weight excluding hydrogens is 340 g/mol. The van der Waals surface area contributed by atoms with E-state index in [1.807, 2.05) is 6.92 Å². The molecule has 2 N–H and O–H groups in total. The monoisotopic (exact) mass is 362 g/mol. The molecular formula is C17H22N4O3S. The van der Waals surface area contributed by atoms with E-state index < -0.39 is 5.25 Å². The number of thioether (sulfide) groups is 1. The van der Waals surface area contributed by atoms with E-state index in [0.717, 1.165) is 18.6 Å². The number of anilines is 1. The maximum Gasteiger partial charge on any atom is 0.240 e. The number of carbonyl (C=O) groups is 2. The Balaban J connectivity index is 1.89. The Bertz CT molecular complexity index is 686. The highest BCUT2D eigenvalue weighted by molar-refractivity contribution is 8.15. The minimum atomic E-state index is -0.501. The summed E-state index contributed by atoms with van der Waals surface area (Å²) in [6.45, 7) is 3.96. The third-order valence-electron chi connectivity index (χ3n) is 3.44. The van der Waals surface area contributed by atoms with E-state index in [-0.39, 0.29) is 18.2 Å². The molecule has 8 heteroatoms. The van der Waals surface area contributed by atoms with Gasteiger partial charge in [-0.15, -0.1) is 5.10 Å². The van der Waals surface area contributed by atoms with Gasteiger partial charge in [0.05, 0.1) is 7.11 Å². The Labute approximate surface area is 151 Å². The van der Waals surface area contributed by atoms with Crippen molar-refractivity contribution in [2.75, 3.05) is 12.4 Å². The van der Waals surface area contributed by atoms with Crippen LogP contribution in [0, 0.1) is 0 Å². The summed E-state index contributed by atoms with van der Waals surface area (Å²) in [6, 6.07) is 7.01. The van der Waals surface area contributed by atoms with Crippen LogP contribution in [0.3, 0.4) is 0 Å². The minimum Gasteiger partial charge on any atom is -0.497 e. The fraction of sp³-hybridized carbons (Fsp3) is 0.412. The van der Waals surface area contributed by atoms with Gasteiger partial charge in [-0.1, -0.05) is 25.1 Å². The number of hydrogen-bond acceptors (Lipinski definition) is 6. The quantitative estimate of drug-likeness (QED) is 0.576. The molecule has 2 amide bonds. The van der Waals surface area contributed by atoms with Crippen LogP contribution < -0.4 is 15.4 Å². The lowest BCUT2D eigenvalue weighted by Crippen LogP contribution is -2.28. The number of ether oxygens (including phenoxy) is 1. The first kappa shape index (κ1) is 19.0. The van der Waals surface area contributed by atoms with Crippen molar-refractivity contribution < 1.29 is 14.3 Å². The molecule has 0 radical (unpaired) electrons. The molecule has 1 aromatic rings. The van der Waals surface area contributed by atoms with Gasteiger partial charge in [-0.2, -0.15) is 5.10 Å². The highest BCUT2D eigenvalue weighted by Crippen LogP contribution is 2.23. The Hall–Kier alpha value is -2.35. The Morgan fingerprint density at radius 2 is 2.08 bits per heavy atom. The Morgan fingerprint density at radius 3 is 2.72 bits per heavy atom.